The molecule has 2 N–H and O–H groups in total. The quantitative estimate of drug-likeness (QED) is 0.875. The second kappa shape index (κ2) is 7.12. The van der Waals surface area contributed by atoms with E-state index in [0.29, 0.717) is 30.8 Å². The lowest BCUT2D eigenvalue weighted by Gasteiger charge is -2.32. The molecule has 1 aromatic carbocycles. The lowest BCUT2D eigenvalue weighted by atomic mass is 10.0. The van der Waals surface area contributed by atoms with Gasteiger partial charge in [-0.2, -0.15) is 0 Å². The summed E-state index contributed by atoms with van der Waals surface area (Å²) >= 11 is 0. The van der Waals surface area contributed by atoms with Crippen molar-refractivity contribution < 1.29 is 23.8 Å². The summed E-state index contributed by atoms with van der Waals surface area (Å²) in [5.41, 5.74) is 1.12. The Labute approximate surface area is 134 Å². The van der Waals surface area contributed by atoms with Crippen molar-refractivity contribution >= 4 is 16.9 Å². The summed E-state index contributed by atoms with van der Waals surface area (Å²) in [6, 6.07) is 7.28. The van der Waals surface area contributed by atoms with Crippen LogP contribution in [0.2, 0.25) is 0 Å². The fourth-order valence-electron chi connectivity index (χ4n) is 2.86. The molecular weight excluding hydrogens is 298 g/mol. The topological polar surface area (TPSA) is 80.9 Å². The lowest BCUT2D eigenvalue weighted by Crippen LogP contribution is -2.50. The van der Waals surface area contributed by atoms with Crippen LogP contribution in [0.25, 0.3) is 11.0 Å². The van der Waals surface area contributed by atoms with Gasteiger partial charge in [0.1, 0.15) is 17.4 Å². The molecule has 2 aromatic rings. The van der Waals surface area contributed by atoms with E-state index >= 15 is 0 Å². The molecule has 0 saturated carbocycles. The van der Waals surface area contributed by atoms with Crippen LogP contribution in [0, 0.1) is 6.92 Å². The van der Waals surface area contributed by atoms with E-state index in [1.807, 2.05) is 25.1 Å². The normalized spacial score (nSPS) is 21.5. The number of fused-ring (bicyclic) bond motifs is 1. The van der Waals surface area contributed by atoms with Crippen molar-refractivity contribution in [3.63, 3.8) is 0 Å². The van der Waals surface area contributed by atoms with E-state index in [4.69, 9.17) is 19.0 Å². The van der Waals surface area contributed by atoms with E-state index in [1.54, 1.807) is 6.07 Å². The summed E-state index contributed by atoms with van der Waals surface area (Å²) in [5, 5.41) is 12.8. The Morgan fingerprint density at radius 3 is 3.17 bits per heavy atom. The van der Waals surface area contributed by atoms with Gasteiger partial charge in [-0.1, -0.05) is 12.1 Å². The van der Waals surface area contributed by atoms with E-state index in [-0.39, 0.29) is 31.3 Å². The van der Waals surface area contributed by atoms with Gasteiger partial charge in [-0.25, -0.2) is 0 Å². The number of amides is 1. The molecule has 0 radical (unpaired) electrons. The summed E-state index contributed by atoms with van der Waals surface area (Å²) in [6.45, 7) is 3.03. The highest BCUT2D eigenvalue weighted by Crippen LogP contribution is 2.23. The molecule has 2 heterocycles. The molecule has 23 heavy (non-hydrogen) atoms. The number of carbonyl (C=O) groups excluding carboxylic acids is 1. The van der Waals surface area contributed by atoms with Gasteiger partial charge in [0.2, 0.25) is 0 Å². The van der Waals surface area contributed by atoms with E-state index in [1.165, 1.54) is 0 Å². The first kappa shape index (κ1) is 16.0. The fraction of sp³-hybridized carbons (Fsp3) is 0.471. The number of para-hydroxylation sites is 1. The van der Waals surface area contributed by atoms with Gasteiger partial charge in [0.15, 0.2) is 0 Å². The number of carbonyl (C=O) groups is 1. The third kappa shape index (κ3) is 3.55. The maximum atomic E-state index is 12.6. The summed E-state index contributed by atoms with van der Waals surface area (Å²) in [5.74, 6) is 0.588. The van der Waals surface area contributed by atoms with Gasteiger partial charge in [0, 0.05) is 12.0 Å². The molecule has 1 saturated heterocycles. The van der Waals surface area contributed by atoms with Crippen LogP contribution in [-0.2, 0) is 9.47 Å². The molecule has 2 atom stereocenters. The molecule has 6 heteroatoms. The van der Waals surface area contributed by atoms with Gasteiger partial charge >= 0.3 is 0 Å². The minimum atomic E-state index is -0.252. The Balaban J connectivity index is 1.76. The fourth-order valence-corrected chi connectivity index (χ4v) is 2.86. The van der Waals surface area contributed by atoms with Gasteiger partial charge in [0.05, 0.1) is 31.4 Å². The SMILES string of the molecule is Cc1cc2cccc(C(=O)N[C@@H]3CCOC[C@H]3OCCO)c2o1. The molecular formula is C17H21NO5. The highest BCUT2D eigenvalue weighted by atomic mass is 16.5. The predicted molar refractivity (Wildman–Crippen MR) is 84.5 cm³/mol. The van der Waals surface area contributed by atoms with Crippen molar-refractivity contribution in [3.8, 4) is 0 Å². The molecule has 124 valence electrons. The van der Waals surface area contributed by atoms with Crippen LogP contribution in [0.1, 0.15) is 22.5 Å². The Bertz CT molecular complexity index is 681. The minimum Gasteiger partial charge on any atom is -0.461 e. The van der Waals surface area contributed by atoms with E-state index in [9.17, 15) is 4.79 Å². The smallest absolute Gasteiger partial charge is 0.255 e. The minimum absolute atomic E-state index is 0.0534. The molecule has 1 fully saturated rings. The van der Waals surface area contributed by atoms with E-state index < -0.39 is 0 Å². The van der Waals surface area contributed by atoms with Crippen molar-refractivity contribution in [1.29, 1.82) is 0 Å². The Kier molecular flexibility index (Phi) is 4.95. The Morgan fingerprint density at radius 2 is 2.35 bits per heavy atom. The first-order chi connectivity index (χ1) is 11.2. The zero-order chi connectivity index (χ0) is 16.2. The van der Waals surface area contributed by atoms with Gasteiger partial charge in [-0.05, 0) is 25.5 Å². The van der Waals surface area contributed by atoms with Crippen molar-refractivity contribution in [2.75, 3.05) is 26.4 Å². The number of furan rings is 1. The molecule has 1 aromatic heterocycles. The molecule has 1 amide bonds. The number of nitrogens with one attached hydrogen (secondary N) is 1. The second-order valence-electron chi connectivity index (χ2n) is 5.66. The number of aliphatic hydroxyl groups is 1. The van der Waals surface area contributed by atoms with E-state index in [0.717, 1.165) is 11.1 Å². The molecule has 0 unspecified atom stereocenters. The predicted octanol–water partition coefficient (Wildman–Crippen LogP) is 1.64. The third-order valence-electron chi connectivity index (χ3n) is 3.96. The third-order valence-corrected chi connectivity index (χ3v) is 3.96. The first-order valence-corrected chi connectivity index (χ1v) is 7.79. The number of rotatable bonds is 5. The number of hydrogen-bond donors (Lipinski definition) is 2. The van der Waals surface area contributed by atoms with Crippen LogP contribution in [0.3, 0.4) is 0 Å². The summed E-state index contributed by atoms with van der Waals surface area (Å²) in [4.78, 5) is 12.6. The highest BCUT2D eigenvalue weighted by Gasteiger charge is 2.28. The molecule has 1 aliphatic heterocycles. The Hall–Kier alpha value is -1.89. The van der Waals surface area contributed by atoms with Gasteiger partial charge in [-0.15, -0.1) is 0 Å². The number of ether oxygens (including phenoxy) is 2. The van der Waals surface area contributed by atoms with Gasteiger partial charge < -0.3 is 24.3 Å². The lowest BCUT2D eigenvalue weighted by molar-refractivity contribution is -0.0737. The van der Waals surface area contributed by atoms with Crippen molar-refractivity contribution in [2.24, 2.45) is 0 Å². The Morgan fingerprint density at radius 1 is 1.48 bits per heavy atom. The van der Waals surface area contributed by atoms with Crippen LogP contribution in [0.5, 0.6) is 0 Å². The molecule has 6 nitrogen and oxygen atoms in total. The van der Waals surface area contributed by atoms with Gasteiger partial charge in [-0.3, -0.25) is 4.79 Å². The van der Waals surface area contributed by atoms with Crippen LogP contribution in [0.15, 0.2) is 28.7 Å². The second-order valence-corrected chi connectivity index (χ2v) is 5.66. The molecule has 0 aliphatic carbocycles. The molecule has 0 bridgehead atoms. The van der Waals surface area contributed by atoms with Crippen LogP contribution in [0.4, 0.5) is 0 Å². The van der Waals surface area contributed by atoms with Gasteiger partial charge in [0.25, 0.3) is 5.91 Å². The first-order valence-electron chi connectivity index (χ1n) is 7.79. The van der Waals surface area contributed by atoms with Crippen molar-refractivity contribution in [2.45, 2.75) is 25.5 Å². The zero-order valence-corrected chi connectivity index (χ0v) is 13.1. The van der Waals surface area contributed by atoms with Crippen molar-refractivity contribution in [3.05, 3.63) is 35.6 Å². The molecule has 0 spiro atoms. The molecule has 3 rings (SSSR count). The van der Waals surface area contributed by atoms with E-state index in [2.05, 4.69) is 5.32 Å². The number of benzene rings is 1. The van der Waals surface area contributed by atoms with Crippen molar-refractivity contribution in [1.82, 2.24) is 5.32 Å². The van der Waals surface area contributed by atoms with Crippen LogP contribution >= 0.6 is 0 Å². The maximum Gasteiger partial charge on any atom is 0.255 e. The number of hydrogen-bond acceptors (Lipinski definition) is 5. The summed E-state index contributed by atoms with van der Waals surface area (Å²) in [6.07, 6.45) is 0.423. The number of aryl methyl sites for hydroxylation is 1. The zero-order valence-electron chi connectivity index (χ0n) is 13.1. The number of aliphatic hydroxyl groups excluding tert-OH is 1. The summed E-state index contributed by atoms with van der Waals surface area (Å²) in [7, 11) is 0. The largest absolute Gasteiger partial charge is 0.461 e. The highest BCUT2D eigenvalue weighted by molar-refractivity contribution is 6.05. The monoisotopic (exact) mass is 319 g/mol. The average Bonchev–Trinajstić information content (AvgIpc) is 2.94. The standard InChI is InChI=1S/C17H21NO5/c1-11-9-12-3-2-4-13(16(12)23-11)17(20)18-14-5-7-21-10-15(14)22-8-6-19/h2-4,9,14-15,19H,5-8,10H2,1H3,(H,18,20)/t14-,15-/m1/s1. The van der Waals surface area contributed by atoms with Crippen LogP contribution < -0.4 is 5.32 Å². The average molecular weight is 319 g/mol. The summed E-state index contributed by atoms with van der Waals surface area (Å²) < 4.78 is 16.6. The maximum absolute atomic E-state index is 12.6. The van der Waals surface area contributed by atoms with Crippen LogP contribution in [-0.4, -0.2) is 49.6 Å². The molecule has 1 aliphatic rings.